The lowest BCUT2D eigenvalue weighted by atomic mass is 10.0. The monoisotopic (exact) mass is 575 g/mol. The third-order valence-corrected chi connectivity index (χ3v) is 5.55. The van der Waals surface area contributed by atoms with E-state index in [1.807, 2.05) is 12.1 Å². The molecular weight excluding hydrogens is 533 g/mol. The van der Waals surface area contributed by atoms with Crippen LogP contribution >= 0.6 is 24.0 Å². The lowest BCUT2D eigenvalue weighted by Gasteiger charge is -2.35. The maximum Gasteiger partial charge on any atom is 0.243 e. The number of aliphatic imine (C=N–C) groups is 1. The standard InChI is InChI=1S/C24H41N5O3.HI/c1-19(2)16-21(29-12-14-32-15-13-29)17-26-24(27-18-23(30)28(3)4)25-11-10-20-6-8-22(31-5)9-7-20;/h6-9,19,21H,10-18H2,1-5H3,(H2,25,26,27);1H. The van der Waals surface area contributed by atoms with Crippen LogP contribution in [0.5, 0.6) is 5.75 Å². The zero-order chi connectivity index (χ0) is 23.3. The molecule has 0 radical (unpaired) electrons. The second kappa shape index (κ2) is 16.1. The van der Waals surface area contributed by atoms with Crippen molar-refractivity contribution in [2.45, 2.75) is 32.7 Å². The summed E-state index contributed by atoms with van der Waals surface area (Å²) in [7, 11) is 5.17. The SMILES string of the molecule is COc1ccc(CCNC(=NCC(=O)N(C)C)NCC(CC(C)C)N2CCOCC2)cc1.I. The summed E-state index contributed by atoms with van der Waals surface area (Å²) in [6, 6.07) is 8.47. The van der Waals surface area contributed by atoms with Crippen LogP contribution in [0.1, 0.15) is 25.8 Å². The number of methoxy groups -OCH3 is 1. The highest BCUT2D eigenvalue weighted by atomic mass is 127. The Balaban J connectivity index is 0.00000544. The number of amides is 1. The minimum atomic E-state index is -0.0202. The molecule has 1 amide bonds. The molecule has 1 heterocycles. The van der Waals surface area contributed by atoms with E-state index in [1.165, 1.54) is 5.56 Å². The van der Waals surface area contributed by atoms with Crippen molar-refractivity contribution in [1.29, 1.82) is 0 Å². The largest absolute Gasteiger partial charge is 0.497 e. The molecule has 0 aromatic heterocycles. The summed E-state index contributed by atoms with van der Waals surface area (Å²) in [6.45, 7) is 9.61. The average molecular weight is 576 g/mol. The van der Waals surface area contributed by atoms with E-state index in [4.69, 9.17) is 9.47 Å². The van der Waals surface area contributed by atoms with Crippen LogP contribution in [0.4, 0.5) is 0 Å². The van der Waals surface area contributed by atoms with E-state index in [1.54, 1.807) is 26.1 Å². The van der Waals surface area contributed by atoms with Crippen LogP contribution in [-0.2, 0) is 16.0 Å². The number of likely N-dealkylation sites (N-methyl/N-ethyl adjacent to an activating group) is 1. The molecule has 1 aromatic carbocycles. The molecule has 2 N–H and O–H groups in total. The van der Waals surface area contributed by atoms with Crippen LogP contribution in [0.15, 0.2) is 29.3 Å². The molecule has 1 aromatic rings. The predicted molar refractivity (Wildman–Crippen MR) is 145 cm³/mol. The topological polar surface area (TPSA) is 78.4 Å². The first-order chi connectivity index (χ1) is 15.4. The number of guanidine groups is 1. The van der Waals surface area contributed by atoms with Crippen LogP contribution in [0, 0.1) is 5.92 Å². The maximum absolute atomic E-state index is 12.1. The molecule has 0 bridgehead atoms. The quantitative estimate of drug-likeness (QED) is 0.240. The highest BCUT2D eigenvalue weighted by Crippen LogP contribution is 2.13. The molecule has 1 aliphatic rings. The van der Waals surface area contributed by atoms with Crippen molar-refractivity contribution in [2.24, 2.45) is 10.9 Å². The number of rotatable bonds is 11. The molecule has 0 aliphatic carbocycles. The Labute approximate surface area is 216 Å². The third kappa shape index (κ3) is 11.4. The molecule has 2 rings (SSSR count). The number of ether oxygens (including phenoxy) is 2. The fraction of sp³-hybridized carbons (Fsp3) is 0.667. The third-order valence-electron chi connectivity index (χ3n) is 5.55. The van der Waals surface area contributed by atoms with E-state index in [0.717, 1.165) is 58.0 Å². The van der Waals surface area contributed by atoms with Crippen molar-refractivity contribution < 1.29 is 14.3 Å². The first-order valence-corrected chi connectivity index (χ1v) is 11.6. The minimum absolute atomic E-state index is 0. The van der Waals surface area contributed by atoms with E-state index in [-0.39, 0.29) is 36.4 Å². The summed E-state index contributed by atoms with van der Waals surface area (Å²) in [4.78, 5) is 20.7. The molecule has 0 saturated carbocycles. The number of carbonyl (C=O) groups excluding carboxylic acids is 1. The molecular formula is C24H42IN5O3. The molecule has 8 nitrogen and oxygen atoms in total. The molecule has 1 fully saturated rings. The lowest BCUT2D eigenvalue weighted by molar-refractivity contribution is -0.127. The molecule has 9 heteroatoms. The predicted octanol–water partition coefficient (Wildman–Crippen LogP) is 2.23. The number of hydrogen-bond acceptors (Lipinski definition) is 5. The molecule has 188 valence electrons. The fourth-order valence-electron chi connectivity index (χ4n) is 3.64. The van der Waals surface area contributed by atoms with Crippen molar-refractivity contribution in [2.75, 3.05) is 67.1 Å². The summed E-state index contributed by atoms with van der Waals surface area (Å²) < 4.78 is 10.8. The van der Waals surface area contributed by atoms with E-state index < -0.39 is 0 Å². The molecule has 33 heavy (non-hydrogen) atoms. The van der Waals surface area contributed by atoms with Crippen molar-refractivity contribution in [3.8, 4) is 5.75 Å². The van der Waals surface area contributed by atoms with Gasteiger partial charge in [0, 0.05) is 46.3 Å². The second-order valence-corrected chi connectivity index (χ2v) is 8.79. The van der Waals surface area contributed by atoms with Crippen molar-refractivity contribution in [3.63, 3.8) is 0 Å². The van der Waals surface area contributed by atoms with Gasteiger partial charge in [-0.1, -0.05) is 26.0 Å². The van der Waals surface area contributed by atoms with Gasteiger partial charge in [0.2, 0.25) is 5.91 Å². The number of nitrogens with zero attached hydrogens (tertiary/aromatic N) is 3. The second-order valence-electron chi connectivity index (χ2n) is 8.79. The lowest BCUT2D eigenvalue weighted by Crippen LogP contribution is -2.51. The van der Waals surface area contributed by atoms with Gasteiger partial charge < -0.3 is 25.0 Å². The molecule has 1 aliphatic heterocycles. The Morgan fingerprint density at radius 2 is 1.85 bits per heavy atom. The smallest absolute Gasteiger partial charge is 0.243 e. The van der Waals surface area contributed by atoms with E-state index in [0.29, 0.717) is 17.9 Å². The molecule has 0 spiro atoms. The van der Waals surface area contributed by atoms with Crippen LogP contribution in [0.2, 0.25) is 0 Å². The Kier molecular flexibility index (Phi) is 14.4. The van der Waals surface area contributed by atoms with E-state index in [9.17, 15) is 4.79 Å². The number of hydrogen-bond donors (Lipinski definition) is 2. The number of carbonyl (C=O) groups is 1. The van der Waals surface area contributed by atoms with Gasteiger partial charge in [0.15, 0.2) is 5.96 Å². The number of nitrogens with one attached hydrogen (secondary N) is 2. The number of benzene rings is 1. The fourth-order valence-corrected chi connectivity index (χ4v) is 3.64. The highest BCUT2D eigenvalue weighted by molar-refractivity contribution is 14.0. The van der Waals surface area contributed by atoms with Gasteiger partial charge in [-0.05, 0) is 36.5 Å². The Morgan fingerprint density at radius 3 is 2.42 bits per heavy atom. The first kappa shape index (κ1) is 29.4. The van der Waals surface area contributed by atoms with Crippen molar-refractivity contribution in [3.05, 3.63) is 29.8 Å². The minimum Gasteiger partial charge on any atom is -0.497 e. The molecule has 1 atom stereocenters. The average Bonchev–Trinajstić information content (AvgIpc) is 2.80. The normalized spacial score (nSPS) is 15.5. The van der Waals surface area contributed by atoms with Crippen LogP contribution in [-0.4, -0.2) is 94.9 Å². The van der Waals surface area contributed by atoms with Gasteiger partial charge in [-0.3, -0.25) is 9.69 Å². The van der Waals surface area contributed by atoms with Gasteiger partial charge in [-0.15, -0.1) is 24.0 Å². The Bertz CT molecular complexity index is 707. The maximum atomic E-state index is 12.1. The summed E-state index contributed by atoms with van der Waals surface area (Å²) in [5.74, 6) is 2.11. The van der Waals surface area contributed by atoms with Gasteiger partial charge >= 0.3 is 0 Å². The molecule has 1 saturated heterocycles. The van der Waals surface area contributed by atoms with Gasteiger partial charge in [-0.2, -0.15) is 0 Å². The zero-order valence-corrected chi connectivity index (χ0v) is 23.1. The molecule has 1 unspecified atom stereocenters. The zero-order valence-electron chi connectivity index (χ0n) is 20.8. The summed E-state index contributed by atoms with van der Waals surface area (Å²) in [6.07, 6.45) is 1.95. The van der Waals surface area contributed by atoms with Crippen LogP contribution < -0.4 is 15.4 Å². The highest BCUT2D eigenvalue weighted by Gasteiger charge is 2.22. The summed E-state index contributed by atoms with van der Waals surface area (Å²) in [5, 5.41) is 6.88. The number of halogens is 1. The van der Waals surface area contributed by atoms with Crippen molar-refractivity contribution in [1.82, 2.24) is 20.4 Å². The summed E-state index contributed by atoms with van der Waals surface area (Å²) in [5.41, 5.74) is 1.22. The Hall–Kier alpha value is -1.59. The van der Waals surface area contributed by atoms with Gasteiger partial charge in [0.1, 0.15) is 12.3 Å². The number of morpholine rings is 1. The van der Waals surface area contributed by atoms with Gasteiger partial charge in [0.05, 0.1) is 20.3 Å². The van der Waals surface area contributed by atoms with Crippen molar-refractivity contribution >= 4 is 35.8 Å². The van der Waals surface area contributed by atoms with E-state index in [2.05, 4.69) is 46.5 Å². The first-order valence-electron chi connectivity index (χ1n) is 11.6. The van der Waals surface area contributed by atoms with Gasteiger partial charge in [-0.25, -0.2) is 4.99 Å². The van der Waals surface area contributed by atoms with Crippen LogP contribution in [0.25, 0.3) is 0 Å². The Morgan fingerprint density at radius 1 is 1.18 bits per heavy atom. The van der Waals surface area contributed by atoms with Crippen LogP contribution in [0.3, 0.4) is 0 Å². The van der Waals surface area contributed by atoms with E-state index >= 15 is 0 Å². The van der Waals surface area contributed by atoms with Gasteiger partial charge in [0.25, 0.3) is 0 Å². The summed E-state index contributed by atoms with van der Waals surface area (Å²) >= 11 is 0.